The number of ether oxygens (including phenoxy) is 1. The Morgan fingerprint density at radius 1 is 1.48 bits per heavy atom. The topological polar surface area (TPSA) is 72.7 Å². The molecule has 0 saturated carbocycles. The Morgan fingerprint density at radius 3 is 2.95 bits per heavy atom. The fraction of sp³-hybridized carbons (Fsp3) is 0.533. The van der Waals surface area contributed by atoms with Crippen LogP contribution in [-0.4, -0.2) is 42.5 Å². The summed E-state index contributed by atoms with van der Waals surface area (Å²) in [6, 6.07) is 6.81. The predicted octanol–water partition coefficient (Wildman–Crippen LogP) is 2.02. The van der Waals surface area contributed by atoms with E-state index in [1.54, 1.807) is 12.1 Å². The second kappa shape index (κ2) is 7.17. The number of esters is 1. The molecule has 1 aromatic carbocycles. The van der Waals surface area contributed by atoms with Crippen LogP contribution in [0.4, 0.5) is 5.69 Å². The zero-order valence-electron chi connectivity index (χ0n) is 12.2. The van der Waals surface area contributed by atoms with Crippen LogP contribution in [-0.2, 0) is 16.0 Å². The van der Waals surface area contributed by atoms with Gasteiger partial charge in [-0.15, -0.1) is 0 Å². The molecule has 1 saturated heterocycles. The van der Waals surface area contributed by atoms with E-state index in [0.29, 0.717) is 13.0 Å². The van der Waals surface area contributed by atoms with Crippen molar-refractivity contribution in [3.63, 3.8) is 0 Å². The molecule has 1 atom stereocenters. The van der Waals surface area contributed by atoms with Gasteiger partial charge in [-0.2, -0.15) is 0 Å². The maximum absolute atomic E-state index is 11.6. The quantitative estimate of drug-likeness (QED) is 0.471. The van der Waals surface area contributed by atoms with Crippen molar-refractivity contribution in [2.24, 2.45) is 5.92 Å². The molecule has 21 heavy (non-hydrogen) atoms. The number of carbonyl (C=O) groups is 1. The molecule has 0 unspecified atom stereocenters. The van der Waals surface area contributed by atoms with Crippen LogP contribution < -0.4 is 0 Å². The van der Waals surface area contributed by atoms with Gasteiger partial charge in [0.1, 0.15) is 0 Å². The normalized spacial score (nSPS) is 19.2. The van der Waals surface area contributed by atoms with Gasteiger partial charge in [0, 0.05) is 24.7 Å². The first kappa shape index (κ1) is 15.4. The molecule has 0 radical (unpaired) electrons. The number of benzene rings is 1. The molecule has 0 spiro atoms. The summed E-state index contributed by atoms with van der Waals surface area (Å²) in [5.74, 6) is -0.236. The number of nitro groups is 1. The van der Waals surface area contributed by atoms with Crippen molar-refractivity contribution in [1.29, 1.82) is 0 Å². The van der Waals surface area contributed by atoms with E-state index in [4.69, 9.17) is 4.74 Å². The lowest BCUT2D eigenvalue weighted by Gasteiger charge is -2.31. The Balaban J connectivity index is 1.94. The summed E-state index contributed by atoms with van der Waals surface area (Å²) in [7, 11) is 1.41. The third-order valence-electron chi connectivity index (χ3n) is 3.93. The van der Waals surface area contributed by atoms with Crippen LogP contribution >= 0.6 is 0 Å². The van der Waals surface area contributed by atoms with Crippen LogP contribution in [0.15, 0.2) is 24.3 Å². The molecule has 1 aliphatic heterocycles. The van der Waals surface area contributed by atoms with Gasteiger partial charge in [0.25, 0.3) is 5.69 Å². The Morgan fingerprint density at radius 2 is 2.24 bits per heavy atom. The molecule has 114 valence electrons. The van der Waals surface area contributed by atoms with Gasteiger partial charge in [-0.3, -0.25) is 14.9 Å². The number of carbonyl (C=O) groups excluding carboxylic acids is 1. The molecule has 6 nitrogen and oxygen atoms in total. The van der Waals surface area contributed by atoms with E-state index in [2.05, 4.69) is 4.90 Å². The predicted molar refractivity (Wildman–Crippen MR) is 78.0 cm³/mol. The van der Waals surface area contributed by atoms with Gasteiger partial charge < -0.3 is 9.64 Å². The van der Waals surface area contributed by atoms with Crippen molar-refractivity contribution < 1.29 is 14.5 Å². The molecule has 0 amide bonds. The molecular weight excluding hydrogens is 272 g/mol. The van der Waals surface area contributed by atoms with Gasteiger partial charge in [0.05, 0.1) is 18.0 Å². The molecule has 2 rings (SSSR count). The summed E-state index contributed by atoms with van der Waals surface area (Å²) in [6.07, 6.45) is 2.43. The van der Waals surface area contributed by atoms with Crippen molar-refractivity contribution in [2.45, 2.75) is 19.3 Å². The number of methoxy groups -OCH3 is 1. The minimum atomic E-state index is -0.344. The Bertz CT molecular complexity index is 518. The minimum absolute atomic E-state index is 0.0745. The molecule has 0 aromatic heterocycles. The summed E-state index contributed by atoms with van der Waals surface area (Å²) in [6.45, 7) is 2.32. The highest BCUT2D eigenvalue weighted by molar-refractivity contribution is 5.72. The zero-order chi connectivity index (χ0) is 15.2. The summed E-state index contributed by atoms with van der Waals surface area (Å²) < 4.78 is 4.80. The van der Waals surface area contributed by atoms with Crippen LogP contribution in [0.2, 0.25) is 0 Å². The lowest BCUT2D eigenvalue weighted by molar-refractivity contribution is -0.385. The van der Waals surface area contributed by atoms with E-state index in [1.807, 2.05) is 6.07 Å². The summed E-state index contributed by atoms with van der Waals surface area (Å²) in [5.41, 5.74) is 0.904. The highest BCUT2D eigenvalue weighted by Crippen LogP contribution is 2.21. The Kier molecular flexibility index (Phi) is 5.27. The van der Waals surface area contributed by atoms with Gasteiger partial charge in [-0.25, -0.2) is 0 Å². The highest BCUT2D eigenvalue weighted by Gasteiger charge is 2.26. The molecule has 6 heteroatoms. The van der Waals surface area contributed by atoms with Crippen LogP contribution in [0.25, 0.3) is 0 Å². The second-order valence-electron chi connectivity index (χ2n) is 5.30. The summed E-state index contributed by atoms with van der Waals surface area (Å²) in [4.78, 5) is 24.4. The third kappa shape index (κ3) is 4.01. The highest BCUT2D eigenvalue weighted by atomic mass is 16.6. The molecule has 1 aliphatic rings. The fourth-order valence-electron chi connectivity index (χ4n) is 2.80. The number of nitro benzene ring substituents is 1. The van der Waals surface area contributed by atoms with Gasteiger partial charge in [0.15, 0.2) is 0 Å². The number of likely N-dealkylation sites (tertiary alicyclic amines) is 1. The number of hydrogen-bond acceptors (Lipinski definition) is 5. The van der Waals surface area contributed by atoms with E-state index in [0.717, 1.165) is 31.5 Å². The molecule has 0 N–H and O–H groups in total. The number of piperidine rings is 1. The van der Waals surface area contributed by atoms with Gasteiger partial charge in [-0.05, 0) is 25.8 Å². The molecule has 1 aromatic rings. The zero-order valence-corrected chi connectivity index (χ0v) is 12.2. The number of rotatable bonds is 5. The first-order chi connectivity index (χ1) is 10.1. The van der Waals surface area contributed by atoms with Crippen molar-refractivity contribution in [2.75, 3.05) is 26.7 Å². The average Bonchev–Trinajstić information content (AvgIpc) is 2.52. The lowest BCUT2D eigenvalue weighted by Crippen LogP contribution is -2.40. The first-order valence-electron chi connectivity index (χ1n) is 7.14. The van der Waals surface area contributed by atoms with E-state index in [-0.39, 0.29) is 22.5 Å². The van der Waals surface area contributed by atoms with Crippen molar-refractivity contribution in [3.05, 3.63) is 39.9 Å². The minimum Gasteiger partial charge on any atom is -0.469 e. The van der Waals surface area contributed by atoms with Gasteiger partial charge in [0.2, 0.25) is 0 Å². The van der Waals surface area contributed by atoms with Crippen molar-refractivity contribution in [1.82, 2.24) is 4.90 Å². The SMILES string of the molecule is COC(=O)[C@H]1CCCN(CCc2ccccc2[N+](=O)[O-])C1. The first-order valence-corrected chi connectivity index (χ1v) is 7.14. The maximum Gasteiger partial charge on any atom is 0.309 e. The Hall–Kier alpha value is -1.95. The molecule has 1 heterocycles. The smallest absolute Gasteiger partial charge is 0.309 e. The van der Waals surface area contributed by atoms with E-state index in [9.17, 15) is 14.9 Å². The van der Waals surface area contributed by atoms with E-state index < -0.39 is 0 Å². The standard InChI is InChI=1S/C15H20N2O4/c1-21-15(18)13-6-4-9-16(11-13)10-8-12-5-2-3-7-14(12)17(19)20/h2-3,5,7,13H,4,6,8-11H2,1H3/t13-/m0/s1. The molecule has 0 aliphatic carbocycles. The fourth-order valence-corrected chi connectivity index (χ4v) is 2.80. The molecule has 1 fully saturated rings. The largest absolute Gasteiger partial charge is 0.469 e. The lowest BCUT2D eigenvalue weighted by atomic mass is 9.97. The van der Waals surface area contributed by atoms with Crippen LogP contribution in [0.5, 0.6) is 0 Å². The number of hydrogen-bond donors (Lipinski definition) is 0. The Labute approximate surface area is 123 Å². The van der Waals surface area contributed by atoms with Crippen LogP contribution in [0.1, 0.15) is 18.4 Å². The van der Waals surface area contributed by atoms with E-state index >= 15 is 0 Å². The van der Waals surface area contributed by atoms with Crippen molar-refractivity contribution in [3.8, 4) is 0 Å². The van der Waals surface area contributed by atoms with Gasteiger partial charge in [-0.1, -0.05) is 18.2 Å². The summed E-state index contributed by atoms with van der Waals surface area (Å²) in [5, 5.41) is 11.0. The van der Waals surface area contributed by atoms with Crippen LogP contribution in [0, 0.1) is 16.0 Å². The van der Waals surface area contributed by atoms with E-state index in [1.165, 1.54) is 13.2 Å². The average molecular weight is 292 g/mol. The summed E-state index contributed by atoms with van der Waals surface area (Å²) >= 11 is 0. The number of para-hydroxylation sites is 1. The monoisotopic (exact) mass is 292 g/mol. The molecular formula is C15H20N2O4. The van der Waals surface area contributed by atoms with Gasteiger partial charge >= 0.3 is 5.97 Å². The van der Waals surface area contributed by atoms with Crippen molar-refractivity contribution >= 4 is 11.7 Å². The number of nitrogens with zero attached hydrogens (tertiary/aromatic N) is 2. The third-order valence-corrected chi connectivity index (χ3v) is 3.93. The van der Waals surface area contributed by atoms with Crippen LogP contribution in [0.3, 0.4) is 0 Å². The maximum atomic E-state index is 11.6. The molecule has 0 bridgehead atoms. The second-order valence-corrected chi connectivity index (χ2v) is 5.30.